The van der Waals surface area contributed by atoms with Crippen LogP contribution >= 0.6 is 11.6 Å². The molecule has 154 valence electrons. The lowest BCUT2D eigenvalue weighted by Crippen LogP contribution is -2.50. The molecule has 1 saturated heterocycles. The number of carboxylic acid groups (broad SMARTS) is 1. The molecule has 0 atom stereocenters. The van der Waals surface area contributed by atoms with Gasteiger partial charge in [0.05, 0.1) is 5.02 Å². The molecule has 1 aliphatic heterocycles. The highest BCUT2D eigenvalue weighted by molar-refractivity contribution is 6.31. The van der Waals surface area contributed by atoms with Crippen molar-refractivity contribution >= 4 is 29.2 Å². The van der Waals surface area contributed by atoms with E-state index in [9.17, 15) is 19.1 Å². The zero-order valence-corrected chi connectivity index (χ0v) is 16.9. The minimum Gasteiger partial charge on any atom is -0.476 e. The van der Waals surface area contributed by atoms with Gasteiger partial charge in [0.15, 0.2) is 5.69 Å². The summed E-state index contributed by atoms with van der Waals surface area (Å²) in [6.45, 7) is 4.14. The number of hydrogen-bond acceptors (Lipinski definition) is 4. The second-order valence-electron chi connectivity index (χ2n) is 7.46. The highest BCUT2D eigenvalue weighted by Gasteiger charge is 2.29. The third kappa shape index (κ3) is 3.57. The monoisotopic (exact) mass is 420 g/mol. The van der Waals surface area contributed by atoms with E-state index in [2.05, 4.69) is 10.00 Å². The molecule has 0 saturated carbocycles. The molecule has 1 amide bonds. The van der Waals surface area contributed by atoms with Crippen molar-refractivity contribution in [3.8, 4) is 0 Å². The van der Waals surface area contributed by atoms with Crippen LogP contribution in [-0.4, -0.2) is 57.8 Å². The summed E-state index contributed by atoms with van der Waals surface area (Å²) < 4.78 is 15.2. The van der Waals surface area contributed by atoms with Crippen LogP contribution in [0.4, 0.5) is 10.1 Å². The molecule has 0 spiro atoms. The number of aromatic carboxylic acids is 1. The average molecular weight is 421 g/mol. The van der Waals surface area contributed by atoms with Crippen molar-refractivity contribution in [3.05, 3.63) is 45.5 Å². The van der Waals surface area contributed by atoms with Crippen molar-refractivity contribution < 1.29 is 19.1 Å². The second-order valence-corrected chi connectivity index (χ2v) is 7.84. The molecule has 0 unspecified atom stereocenters. The predicted octanol–water partition coefficient (Wildman–Crippen LogP) is 2.52. The Kier molecular flexibility index (Phi) is 5.21. The van der Waals surface area contributed by atoms with Gasteiger partial charge in [0, 0.05) is 43.1 Å². The summed E-state index contributed by atoms with van der Waals surface area (Å²) in [5, 5.41) is 13.6. The standard InChI is InChI=1S/C20H22ClFN4O3/c1-12-15(6-5-14(22)18(12)21)24-7-9-25(10-8-24)17(27)11-26-16-4-2-3-13(16)19(23-26)20(28)29/h5-6H,2-4,7-11H2,1H3,(H,28,29). The van der Waals surface area contributed by atoms with Crippen LogP contribution < -0.4 is 4.90 Å². The van der Waals surface area contributed by atoms with E-state index in [4.69, 9.17) is 11.6 Å². The van der Waals surface area contributed by atoms with Gasteiger partial charge >= 0.3 is 5.97 Å². The van der Waals surface area contributed by atoms with E-state index in [-0.39, 0.29) is 23.2 Å². The van der Waals surface area contributed by atoms with E-state index in [1.165, 1.54) is 6.07 Å². The topological polar surface area (TPSA) is 78.7 Å². The number of amides is 1. The van der Waals surface area contributed by atoms with Crippen LogP contribution in [-0.2, 0) is 24.2 Å². The maximum Gasteiger partial charge on any atom is 0.356 e. The fourth-order valence-electron chi connectivity index (χ4n) is 4.22. The van der Waals surface area contributed by atoms with Crippen LogP contribution in [0.25, 0.3) is 0 Å². The molecule has 29 heavy (non-hydrogen) atoms. The molecule has 0 bridgehead atoms. The third-order valence-electron chi connectivity index (χ3n) is 5.78. The first-order valence-electron chi connectivity index (χ1n) is 9.66. The zero-order chi connectivity index (χ0) is 20.7. The Bertz CT molecular complexity index is 983. The van der Waals surface area contributed by atoms with Crippen LogP contribution in [0, 0.1) is 12.7 Å². The van der Waals surface area contributed by atoms with Gasteiger partial charge in [0.25, 0.3) is 0 Å². The fourth-order valence-corrected chi connectivity index (χ4v) is 4.38. The smallest absolute Gasteiger partial charge is 0.356 e. The predicted molar refractivity (Wildman–Crippen MR) is 106 cm³/mol. The van der Waals surface area contributed by atoms with Gasteiger partial charge in [-0.1, -0.05) is 11.6 Å². The molecule has 7 nitrogen and oxygen atoms in total. The van der Waals surface area contributed by atoms with Crippen LogP contribution in [0.15, 0.2) is 12.1 Å². The van der Waals surface area contributed by atoms with Crippen molar-refractivity contribution in [1.29, 1.82) is 0 Å². The van der Waals surface area contributed by atoms with Gasteiger partial charge in [-0.2, -0.15) is 5.10 Å². The zero-order valence-electron chi connectivity index (χ0n) is 16.1. The molecule has 1 aromatic carbocycles. The largest absolute Gasteiger partial charge is 0.476 e. The Balaban J connectivity index is 1.42. The van der Waals surface area contributed by atoms with Crippen LogP contribution in [0.3, 0.4) is 0 Å². The van der Waals surface area contributed by atoms with Gasteiger partial charge in [-0.05, 0) is 43.9 Å². The number of carbonyl (C=O) groups excluding carboxylic acids is 1. The van der Waals surface area contributed by atoms with E-state index >= 15 is 0 Å². The number of fused-ring (bicyclic) bond motifs is 1. The quantitative estimate of drug-likeness (QED) is 0.822. The lowest BCUT2D eigenvalue weighted by atomic mass is 10.1. The van der Waals surface area contributed by atoms with E-state index < -0.39 is 11.8 Å². The Morgan fingerprint density at radius 3 is 2.62 bits per heavy atom. The number of carbonyl (C=O) groups is 2. The normalized spacial score (nSPS) is 16.2. The van der Waals surface area contributed by atoms with Crippen molar-refractivity contribution in [2.45, 2.75) is 32.7 Å². The molecule has 1 fully saturated rings. The average Bonchev–Trinajstić information content (AvgIpc) is 3.30. The summed E-state index contributed by atoms with van der Waals surface area (Å²) >= 11 is 6.02. The van der Waals surface area contributed by atoms with Crippen molar-refractivity contribution in [3.63, 3.8) is 0 Å². The van der Waals surface area contributed by atoms with Gasteiger partial charge in [0.2, 0.25) is 5.91 Å². The number of piperazine rings is 1. The molecule has 1 aliphatic carbocycles. The number of aromatic nitrogens is 2. The molecule has 0 radical (unpaired) electrons. The van der Waals surface area contributed by atoms with Gasteiger partial charge in [-0.15, -0.1) is 0 Å². The molecule has 9 heteroatoms. The van der Waals surface area contributed by atoms with Gasteiger partial charge in [-0.3, -0.25) is 9.48 Å². The Hall–Kier alpha value is -2.61. The molecule has 1 aromatic heterocycles. The molecular formula is C20H22ClFN4O3. The maximum atomic E-state index is 13.6. The van der Waals surface area contributed by atoms with Crippen molar-refractivity contribution in [2.75, 3.05) is 31.1 Å². The Morgan fingerprint density at radius 2 is 1.93 bits per heavy atom. The first-order chi connectivity index (χ1) is 13.9. The maximum absolute atomic E-state index is 13.6. The van der Waals surface area contributed by atoms with E-state index in [1.54, 1.807) is 22.6 Å². The first-order valence-corrected chi connectivity index (χ1v) is 10.0. The minimum atomic E-state index is -1.05. The molecule has 2 heterocycles. The van der Waals surface area contributed by atoms with Crippen molar-refractivity contribution in [1.82, 2.24) is 14.7 Å². The molecule has 2 aliphatic rings. The lowest BCUT2D eigenvalue weighted by molar-refractivity contribution is -0.132. The molecular weight excluding hydrogens is 399 g/mol. The summed E-state index contributed by atoms with van der Waals surface area (Å²) in [6, 6.07) is 3.08. The number of carboxylic acids is 1. The summed E-state index contributed by atoms with van der Waals surface area (Å²) in [5.41, 5.74) is 3.27. The lowest BCUT2D eigenvalue weighted by Gasteiger charge is -2.37. The van der Waals surface area contributed by atoms with E-state index in [0.29, 0.717) is 38.2 Å². The summed E-state index contributed by atoms with van der Waals surface area (Å²) in [4.78, 5) is 28.0. The molecule has 2 aromatic rings. The van der Waals surface area contributed by atoms with Gasteiger partial charge < -0.3 is 14.9 Å². The van der Waals surface area contributed by atoms with E-state index in [1.807, 2.05) is 0 Å². The van der Waals surface area contributed by atoms with Gasteiger partial charge in [-0.25, -0.2) is 9.18 Å². The number of halogens is 2. The molecule has 4 rings (SSSR count). The summed E-state index contributed by atoms with van der Waals surface area (Å²) in [5.74, 6) is -1.56. The van der Waals surface area contributed by atoms with Gasteiger partial charge in [0.1, 0.15) is 12.4 Å². The van der Waals surface area contributed by atoms with Crippen LogP contribution in [0.2, 0.25) is 5.02 Å². The fraction of sp³-hybridized carbons (Fsp3) is 0.450. The Labute approximate surface area is 172 Å². The van der Waals surface area contributed by atoms with Crippen LogP contribution in [0.1, 0.15) is 33.7 Å². The second kappa shape index (κ2) is 7.67. The third-order valence-corrected chi connectivity index (χ3v) is 6.24. The highest BCUT2D eigenvalue weighted by atomic mass is 35.5. The van der Waals surface area contributed by atoms with Crippen molar-refractivity contribution in [2.24, 2.45) is 0 Å². The number of rotatable bonds is 4. The Morgan fingerprint density at radius 1 is 1.21 bits per heavy atom. The van der Waals surface area contributed by atoms with Crippen LogP contribution in [0.5, 0.6) is 0 Å². The number of hydrogen-bond donors (Lipinski definition) is 1. The number of nitrogens with zero attached hydrogens (tertiary/aromatic N) is 4. The first kappa shape index (κ1) is 19.7. The highest BCUT2D eigenvalue weighted by Crippen LogP contribution is 2.30. The summed E-state index contributed by atoms with van der Waals surface area (Å²) in [7, 11) is 0. The number of anilines is 1. The minimum absolute atomic E-state index is 0.0526. The molecule has 1 N–H and O–H groups in total. The summed E-state index contributed by atoms with van der Waals surface area (Å²) in [6.07, 6.45) is 2.34. The number of benzene rings is 1. The SMILES string of the molecule is Cc1c(N2CCN(C(=O)Cn3nc(C(=O)O)c4c3CCC4)CC2)ccc(F)c1Cl. The van der Waals surface area contributed by atoms with E-state index in [0.717, 1.165) is 29.8 Å².